The summed E-state index contributed by atoms with van der Waals surface area (Å²) in [5, 5.41) is 0. The van der Waals surface area contributed by atoms with Crippen LogP contribution in [0.5, 0.6) is 0 Å². The zero-order valence-electron chi connectivity index (χ0n) is 20.9. The Morgan fingerprint density at radius 3 is 0.525 bits per heavy atom. The Morgan fingerprint density at radius 2 is 0.450 bits per heavy atom. The first-order valence-electron chi connectivity index (χ1n) is 10.5. The summed E-state index contributed by atoms with van der Waals surface area (Å²) in [5.74, 6) is -2.52. The number of amides is 4. The molecule has 0 aromatic heterocycles. The summed E-state index contributed by atoms with van der Waals surface area (Å²) in [5.41, 5.74) is 28.5. The first-order valence-corrected chi connectivity index (χ1v) is 10.5. The van der Waals surface area contributed by atoms with Crippen LogP contribution in [0.3, 0.4) is 0 Å². The van der Waals surface area contributed by atoms with Gasteiger partial charge in [-0.15, -0.1) is 0 Å². The molecule has 4 aromatic carbocycles. The molecule has 0 fully saturated rings. The fourth-order valence-corrected chi connectivity index (χ4v) is 2.36. The van der Waals surface area contributed by atoms with Gasteiger partial charge in [-0.25, -0.2) is 0 Å². The monoisotopic (exact) mass is 998 g/mol. The van der Waals surface area contributed by atoms with Crippen molar-refractivity contribution in [1.29, 1.82) is 0 Å². The van der Waals surface area contributed by atoms with E-state index in [-0.39, 0.29) is 85.6 Å². The van der Waals surface area contributed by atoms with Crippen molar-refractivity contribution in [2.45, 2.75) is 0 Å². The zero-order chi connectivity index (χ0) is 26.8. The summed E-state index contributed by atoms with van der Waals surface area (Å²) in [6, 6.07) is 34.1. The van der Waals surface area contributed by atoms with Crippen molar-refractivity contribution in [3.63, 3.8) is 0 Å². The minimum Gasteiger partial charge on any atom is -1.00 e. The summed E-state index contributed by atoms with van der Waals surface area (Å²) < 4.78 is 0. The van der Waals surface area contributed by atoms with Crippen LogP contribution in [0, 0.1) is 0 Å². The van der Waals surface area contributed by atoms with Gasteiger partial charge in [0.15, 0.2) is 0 Å². The summed E-state index contributed by atoms with van der Waals surface area (Å²) in [6.07, 6.45) is 0. The Labute approximate surface area is 292 Å². The molecule has 4 rings (SSSR count). The average Bonchev–Trinajstić information content (AvgIpc) is 2.92. The number of halogens is 2. The number of nitrogens with one attached hydrogen (secondary N) is 4. The van der Waals surface area contributed by atoms with Crippen molar-refractivity contribution in [2.24, 2.45) is 0 Å². The van der Waals surface area contributed by atoms with E-state index in [2.05, 4.69) is 0 Å². The fourth-order valence-electron chi connectivity index (χ4n) is 2.36. The maximum Gasteiger partial charge on any atom is 0.0796 e. The Kier molecular flexibility index (Phi) is 29.7. The molecule has 40 heavy (non-hydrogen) atoms. The van der Waals surface area contributed by atoms with Crippen LogP contribution in [-0.4, -0.2) is 23.6 Å². The van der Waals surface area contributed by atoms with Gasteiger partial charge in [0, 0.05) is 51.7 Å². The largest absolute Gasteiger partial charge is 1.00 e. The van der Waals surface area contributed by atoms with Gasteiger partial charge in [-0.2, -0.15) is 0 Å². The molecule has 0 heterocycles. The van der Waals surface area contributed by atoms with E-state index >= 15 is 0 Å². The maximum atomic E-state index is 10.3. The molecule has 0 radical (unpaired) electrons. The molecule has 0 atom stereocenters. The summed E-state index contributed by atoms with van der Waals surface area (Å²) in [6.45, 7) is 0. The predicted octanol–water partition coefficient (Wildman–Crippen LogP) is 1.52. The van der Waals surface area contributed by atoms with Gasteiger partial charge < -0.3 is 76.1 Å². The van der Waals surface area contributed by atoms with Crippen molar-refractivity contribution in [3.05, 3.63) is 167 Å². The van der Waals surface area contributed by atoms with Crippen LogP contribution < -0.4 is 34.0 Å². The summed E-state index contributed by atoms with van der Waals surface area (Å²) in [7, 11) is 0. The smallest absolute Gasteiger partial charge is 0.0796 e. The van der Waals surface area contributed by atoms with Gasteiger partial charge in [0.05, 0.1) is 23.6 Å². The molecule has 12 heteroatoms. The van der Waals surface area contributed by atoms with Crippen LogP contribution in [0.15, 0.2) is 121 Å². The first-order chi connectivity index (χ1) is 17.2. The third-order valence-corrected chi connectivity index (χ3v) is 4.14. The van der Waals surface area contributed by atoms with E-state index in [4.69, 9.17) is 22.9 Å². The van der Waals surface area contributed by atoms with Gasteiger partial charge >= 0.3 is 0 Å². The summed E-state index contributed by atoms with van der Waals surface area (Å²) >= 11 is 0. The normalized spacial score (nSPS) is 8.00. The van der Waals surface area contributed by atoms with Crippen molar-refractivity contribution in [1.82, 2.24) is 0 Å². The molecule has 0 saturated heterocycles. The van der Waals surface area contributed by atoms with Gasteiger partial charge in [-0.05, 0) is 22.3 Å². The van der Waals surface area contributed by atoms with E-state index in [0.29, 0.717) is 22.3 Å². The van der Waals surface area contributed by atoms with E-state index in [1.165, 1.54) is 0 Å². The Balaban J connectivity index is -0.000000209. The third kappa shape index (κ3) is 20.4. The molecular weight excluding hydrogens is 973 g/mol. The second-order valence-electron chi connectivity index (χ2n) is 6.78. The Bertz CT molecular complexity index is 1040. The SMILES string of the molecule is [Br-].[Br-].[Hf].[Hf].[NH-]C(=O)c1ccccc1.[NH-]C(=O)c1ccccc1.[NH-]C(=O)c1ccccc1.[NH-]C(=O)c1ccccc1. The maximum absolute atomic E-state index is 10.3. The van der Waals surface area contributed by atoms with Crippen LogP contribution in [0.4, 0.5) is 0 Å². The van der Waals surface area contributed by atoms with Crippen LogP contribution >= 0.6 is 0 Å². The molecule has 4 N–H and O–H groups in total. The van der Waals surface area contributed by atoms with Gasteiger partial charge in [0.2, 0.25) is 0 Å². The molecule has 0 aliphatic heterocycles. The minimum atomic E-state index is -0.629. The van der Waals surface area contributed by atoms with Crippen molar-refractivity contribution >= 4 is 23.6 Å². The molecule has 4 amide bonds. The number of rotatable bonds is 4. The average molecular weight is 997 g/mol. The molecule has 0 aliphatic carbocycles. The Hall–Kier alpha value is -2.54. The van der Waals surface area contributed by atoms with E-state index in [1.54, 1.807) is 97.1 Å². The van der Waals surface area contributed by atoms with Crippen molar-refractivity contribution < 1.29 is 105 Å². The van der Waals surface area contributed by atoms with Gasteiger partial charge in [0.1, 0.15) is 0 Å². The molecule has 0 unspecified atom stereocenters. The van der Waals surface area contributed by atoms with Crippen molar-refractivity contribution in [3.8, 4) is 0 Å². The van der Waals surface area contributed by atoms with E-state index in [0.717, 1.165) is 0 Å². The van der Waals surface area contributed by atoms with Crippen LogP contribution in [0.1, 0.15) is 41.4 Å². The number of carbonyl (C=O) groups excluding carboxylic acids is 4. The van der Waals surface area contributed by atoms with Gasteiger partial charge in [0.25, 0.3) is 0 Å². The van der Waals surface area contributed by atoms with Gasteiger partial charge in [-0.3, -0.25) is 0 Å². The van der Waals surface area contributed by atoms with E-state index in [1.807, 2.05) is 24.3 Å². The van der Waals surface area contributed by atoms with E-state index < -0.39 is 23.6 Å². The zero-order valence-corrected chi connectivity index (χ0v) is 31.3. The van der Waals surface area contributed by atoms with Crippen LogP contribution in [0.2, 0.25) is 0 Å². The molecule has 0 bridgehead atoms. The van der Waals surface area contributed by atoms with E-state index in [9.17, 15) is 19.2 Å². The first kappa shape index (κ1) is 44.5. The minimum absolute atomic E-state index is 0. The number of carbonyl (C=O) groups is 4. The molecule has 0 spiro atoms. The molecule has 208 valence electrons. The summed E-state index contributed by atoms with van der Waals surface area (Å²) in [4.78, 5) is 41.2. The second kappa shape index (κ2) is 26.7. The second-order valence-corrected chi connectivity index (χ2v) is 6.78. The molecular formula is C28H24Br2Hf2N4O4-6. The molecule has 4 aromatic rings. The number of hydrogen-bond donors (Lipinski definition) is 0. The molecule has 8 nitrogen and oxygen atoms in total. The van der Waals surface area contributed by atoms with Gasteiger partial charge in [-0.1, -0.05) is 121 Å². The molecule has 0 saturated carbocycles. The number of benzene rings is 4. The van der Waals surface area contributed by atoms with Crippen molar-refractivity contribution in [2.75, 3.05) is 0 Å². The van der Waals surface area contributed by atoms with Crippen LogP contribution in [-0.2, 0) is 51.7 Å². The fraction of sp³-hybridized carbons (Fsp3) is 0. The third-order valence-electron chi connectivity index (χ3n) is 4.14. The molecule has 0 aliphatic rings. The Morgan fingerprint density at radius 1 is 0.325 bits per heavy atom. The quantitative estimate of drug-likeness (QED) is 0.284. The topological polar surface area (TPSA) is 163 Å². The standard InChI is InChI=1S/4C7H7NO.2BrH.2Hf/c4*8-7(9)6-4-2-1-3-5-6;;;;/h4*1-5H,(H2,8,9);2*1H;;/p-6. The predicted molar refractivity (Wildman–Crippen MR) is 140 cm³/mol. The van der Waals surface area contributed by atoms with Crippen LogP contribution in [0.25, 0.3) is 22.9 Å². The number of hydrogen-bond acceptors (Lipinski definition) is 4.